The maximum Gasteiger partial charge on any atom is 0.231 e. The number of ketones is 1. The molecule has 0 amide bonds. The van der Waals surface area contributed by atoms with Crippen LogP contribution < -0.4 is 9.47 Å². The van der Waals surface area contributed by atoms with E-state index in [-0.39, 0.29) is 24.7 Å². The maximum atomic E-state index is 12.4. The van der Waals surface area contributed by atoms with Crippen molar-refractivity contribution < 1.29 is 19.4 Å². The third-order valence-corrected chi connectivity index (χ3v) is 4.35. The standard InChI is InChI=1S/C16H21NO4/c1-17(12-4-2-3-5-13(12)18)9-14(19)11-6-7-15-16(8-11)21-10-20-15/h6-8,12-13,18H,2-5,9-10H2,1H3. The fourth-order valence-corrected chi connectivity index (χ4v) is 3.11. The molecule has 21 heavy (non-hydrogen) atoms. The highest BCUT2D eigenvalue weighted by atomic mass is 16.7. The smallest absolute Gasteiger partial charge is 0.231 e. The maximum absolute atomic E-state index is 12.4. The third kappa shape index (κ3) is 3.04. The number of aliphatic hydroxyl groups is 1. The number of rotatable bonds is 4. The number of fused-ring (bicyclic) bond motifs is 1. The van der Waals surface area contributed by atoms with E-state index in [1.165, 1.54) is 0 Å². The molecule has 1 aromatic rings. The van der Waals surface area contributed by atoms with Crippen LogP contribution in [0.3, 0.4) is 0 Å². The molecule has 114 valence electrons. The van der Waals surface area contributed by atoms with Gasteiger partial charge in [-0.2, -0.15) is 0 Å². The number of likely N-dealkylation sites (N-methyl/N-ethyl adjacent to an activating group) is 1. The fraction of sp³-hybridized carbons (Fsp3) is 0.562. The molecule has 3 rings (SSSR count). The molecule has 0 radical (unpaired) electrons. The molecule has 1 aliphatic heterocycles. The first-order valence-corrected chi connectivity index (χ1v) is 7.46. The number of nitrogens with zero attached hydrogens (tertiary/aromatic N) is 1. The van der Waals surface area contributed by atoms with Crippen LogP contribution in [0.25, 0.3) is 0 Å². The van der Waals surface area contributed by atoms with E-state index >= 15 is 0 Å². The van der Waals surface area contributed by atoms with Gasteiger partial charge in [-0.25, -0.2) is 0 Å². The Morgan fingerprint density at radius 3 is 2.86 bits per heavy atom. The summed E-state index contributed by atoms with van der Waals surface area (Å²) in [6.07, 6.45) is 3.64. The molecule has 1 saturated carbocycles. The van der Waals surface area contributed by atoms with Gasteiger partial charge in [0, 0.05) is 11.6 Å². The summed E-state index contributed by atoms with van der Waals surface area (Å²) in [4.78, 5) is 14.4. The lowest BCUT2D eigenvalue weighted by molar-refractivity contribution is 0.0322. The van der Waals surface area contributed by atoms with Crippen LogP contribution >= 0.6 is 0 Å². The Bertz CT molecular complexity index is 531. The van der Waals surface area contributed by atoms with Gasteiger partial charge in [-0.1, -0.05) is 12.8 Å². The SMILES string of the molecule is CN(CC(=O)c1ccc2c(c1)OCO2)C1CCCCC1O. The van der Waals surface area contributed by atoms with E-state index in [2.05, 4.69) is 0 Å². The highest BCUT2D eigenvalue weighted by Gasteiger charge is 2.28. The first-order chi connectivity index (χ1) is 10.1. The minimum Gasteiger partial charge on any atom is -0.454 e. The summed E-state index contributed by atoms with van der Waals surface area (Å²) >= 11 is 0. The minimum atomic E-state index is -0.326. The summed E-state index contributed by atoms with van der Waals surface area (Å²) in [5.74, 6) is 1.34. The second kappa shape index (κ2) is 6.03. The first kappa shape index (κ1) is 14.4. The van der Waals surface area contributed by atoms with E-state index in [1.807, 2.05) is 11.9 Å². The average Bonchev–Trinajstić information content (AvgIpc) is 2.94. The average molecular weight is 291 g/mol. The summed E-state index contributed by atoms with van der Waals surface area (Å²) in [7, 11) is 1.91. The largest absolute Gasteiger partial charge is 0.454 e. The van der Waals surface area contributed by atoms with Crippen LogP contribution in [0.2, 0.25) is 0 Å². The number of hydrogen-bond acceptors (Lipinski definition) is 5. The van der Waals surface area contributed by atoms with Crippen molar-refractivity contribution in [2.24, 2.45) is 0 Å². The molecular formula is C16H21NO4. The molecule has 5 heteroatoms. The van der Waals surface area contributed by atoms with Crippen LogP contribution in [-0.4, -0.2) is 48.3 Å². The van der Waals surface area contributed by atoms with Crippen molar-refractivity contribution >= 4 is 5.78 Å². The molecule has 0 spiro atoms. The number of carbonyl (C=O) groups is 1. The van der Waals surface area contributed by atoms with E-state index in [0.717, 1.165) is 25.7 Å². The summed E-state index contributed by atoms with van der Waals surface area (Å²) < 4.78 is 10.5. The van der Waals surface area contributed by atoms with Crippen LogP contribution in [0.1, 0.15) is 36.0 Å². The van der Waals surface area contributed by atoms with Gasteiger partial charge in [-0.05, 0) is 38.1 Å². The third-order valence-electron chi connectivity index (χ3n) is 4.35. The monoisotopic (exact) mass is 291 g/mol. The highest BCUT2D eigenvalue weighted by molar-refractivity contribution is 5.98. The van der Waals surface area contributed by atoms with Crippen LogP contribution in [0, 0.1) is 0 Å². The summed E-state index contributed by atoms with van der Waals surface area (Å²) in [6, 6.07) is 5.35. The molecule has 5 nitrogen and oxygen atoms in total. The van der Waals surface area contributed by atoms with Crippen LogP contribution in [0.15, 0.2) is 18.2 Å². The highest BCUT2D eigenvalue weighted by Crippen LogP contribution is 2.32. The number of ether oxygens (including phenoxy) is 2. The molecule has 1 aliphatic carbocycles. The Labute approximate surface area is 124 Å². The Hall–Kier alpha value is -1.59. The van der Waals surface area contributed by atoms with Gasteiger partial charge in [0.05, 0.1) is 12.6 Å². The van der Waals surface area contributed by atoms with Gasteiger partial charge < -0.3 is 14.6 Å². The quantitative estimate of drug-likeness (QED) is 0.858. The lowest BCUT2D eigenvalue weighted by Gasteiger charge is -2.34. The predicted octanol–water partition coefficient (Wildman–Crippen LogP) is 1.83. The summed E-state index contributed by atoms with van der Waals surface area (Å²) in [5, 5.41) is 10.1. The van der Waals surface area contributed by atoms with Crippen molar-refractivity contribution in [1.82, 2.24) is 4.90 Å². The Morgan fingerprint density at radius 2 is 2.05 bits per heavy atom. The molecule has 0 aromatic heterocycles. The molecule has 1 fully saturated rings. The number of carbonyl (C=O) groups excluding carboxylic acids is 1. The topological polar surface area (TPSA) is 59.0 Å². The molecule has 2 aliphatic rings. The van der Waals surface area contributed by atoms with Crippen molar-refractivity contribution in [2.75, 3.05) is 20.4 Å². The van der Waals surface area contributed by atoms with Crippen molar-refractivity contribution in [3.63, 3.8) is 0 Å². The molecule has 0 saturated heterocycles. The van der Waals surface area contributed by atoms with E-state index in [1.54, 1.807) is 18.2 Å². The minimum absolute atomic E-state index is 0.0357. The molecule has 1 heterocycles. The second-order valence-corrected chi connectivity index (χ2v) is 5.83. The predicted molar refractivity (Wildman–Crippen MR) is 77.8 cm³/mol. The van der Waals surface area contributed by atoms with Crippen molar-refractivity contribution in [2.45, 2.75) is 37.8 Å². The number of benzene rings is 1. The van der Waals surface area contributed by atoms with Crippen LogP contribution in [0.5, 0.6) is 11.5 Å². The number of hydrogen-bond donors (Lipinski definition) is 1. The van der Waals surface area contributed by atoms with Gasteiger partial charge in [0.1, 0.15) is 0 Å². The van der Waals surface area contributed by atoms with Crippen molar-refractivity contribution in [1.29, 1.82) is 0 Å². The molecule has 1 N–H and O–H groups in total. The molecule has 1 aromatic carbocycles. The molecule has 2 atom stereocenters. The summed E-state index contributed by atoms with van der Waals surface area (Å²) in [6.45, 7) is 0.516. The number of Topliss-reactive ketones (excluding diaryl/α,β-unsaturated/α-hetero) is 1. The van der Waals surface area contributed by atoms with Gasteiger partial charge in [0.15, 0.2) is 17.3 Å². The Morgan fingerprint density at radius 1 is 1.29 bits per heavy atom. The molecule has 0 bridgehead atoms. The van der Waals surface area contributed by atoms with Crippen molar-refractivity contribution in [3.05, 3.63) is 23.8 Å². The zero-order valence-corrected chi connectivity index (χ0v) is 12.2. The van der Waals surface area contributed by atoms with Crippen molar-refractivity contribution in [3.8, 4) is 11.5 Å². The summed E-state index contributed by atoms with van der Waals surface area (Å²) in [5.41, 5.74) is 0.622. The lowest BCUT2D eigenvalue weighted by atomic mass is 9.91. The molecule has 2 unspecified atom stereocenters. The van der Waals surface area contributed by atoms with Gasteiger partial charge in [0.25, 0.3) is 0 Å². The van der Waals surface area contributed by atoms with Gasteiger partial charge in [-0.15, -0.1) is 0 Å². The van der Waals surface area contributed by atoms with Gasteiger partial charge >= 0.3 is 0 Å². The van der Waals surface area contributed by atoms with E-state index in [4.69, 9.17) is 9.47 Å². The van der Waals surface area contributed by atoms with Gasteiger partial charge in [0.2, 0.25) is 6.79 Å². The fourth-order valence-electron chi connectivity index (χ4n) is 3.11. The van der Waals surface area contributed by atoms with Crippen LogP contribution in [0.4, 0.5) is 0 Å². The van der Waals surface area contributed by atoms with E-state index < -0.39 is 0 Å². The van der Waals surface area contributed by atoms with E-state index in [9.17, 15) is 9.90 Å². The first-order valence-electron chi connectivity index (χ1n) is 7.46. The van der Waals surface area contributed by atoms with Gasteiger partial charge in [-0.3, -0.25) is 9.69 Å². The second-order valence-electron chi connectivity index (χ2n) is 5.83. The zero-order valence-electron chi connectivity index (χ0n) is 12.2. The normalized spacial score (nSPS) is 24.3. The van der Waals surface area contributed by atoms with Crippen LogP contribution in [-0.2, 0) is 0 Å². The molecular weight excluding hydrogens is 270 g/mol. The number of aliphatic hydroxyl groups excluding tert-OH is 1. The zero-order chi connectivity index (χ0) is 14.8. The lowest BCUT2D eigenvalue weighted by Crippen LogP contribution is -2.45. The Kier molecular flexibility index (Phi) is 4.12. The van der Waals surface area contributed by atoms with E-state index in [0.29, 0.717) is 23.6 Å². The Balaban J connectivity index is 1.65.